The van der Waals surface area contributed by atoms with E-state index in [1.54, 1.807) is 17.0 Å². The fourth-order valence-electron chi connectivity index (χ4n) is 3.11. The number of ether oxygens (including phenoxy) is 2. The number of amides is 2. The van der Waals surface area contributed by atoms with Gasteiger partial charge in [-0.1, -0.05) is 0 Å². The molecule has 2 aromatic carbocycles. The van der Waals surface area contributed by atoms with E-state index in [4.69, 9.17) is 9.47 Å². The van der Waals surface area contributed by atoms with Gasteiger partial charge >= 0.3 is 0 Å². The Hall–Kier alpha value is -2.61. The van der Waals surface area contributed by atoms with E-state index in [-0.39, 0.29) is 11.5 Å². The van der Waals surface area contributed by atoms with E-state index in [1.807, 2.05) is 0 Å². The van der Waals surface area contributed by atoms with Crippen molar-refractivity contribution in [1.29, 1.82) is 0 Å². The summed E-state index contributed by atoms with van der Waals surface area (Å²) < 4.78 is 24.3. The quantitative estimate of drug-likeness (QED) is 0.744. The van der Waals surface area contributed by atoms with Crippen molar-refractivity contribution >= 4 is 33.4 Å². The molecule has 0 aromatic heterocycles. The van der Waals surface area contributed by atoms with Crippen LogP contribution < -0.4 is 14.8 Å². The van der Waals surface area contributed by atoms with E-state index in [9.17, 15) is 14.0 Å². The molecule has 8 heteroatoms. The lowest BCUT2D eigenvalue weighted by Crippen LogP contribution is -2.29. The number of anilines is 1. The Morgan fingerprint density at radius 1 is 1.04 bits per heavy atom. The third kappa shape index (κ3) is 4.11. The van der Waals surface area contributed by atoms with Gasteiger partial charge < -0.3 is 19.7 Å². The minimum atomic E-state index is -0.477. The first kappa shape index (κ1) is 20.1. The van der Waals surface area contributed by atoms with Crippen LogP contribution in [0.1, 0.15) is 33.6 Å². The number of methoxy groups -OCH3 is 2. The summed E-state index contributed by atoms with van der Waals surface area (Å²) in [6.45, 7) is 1.34. The first-order chi connectivity index (χ1) is 13.4. The predicted octanol–water partition coefficient (Wildman–Crippen LogP) is 4.09. The van der Waals surface area contributed by atoms with Gasteiger partial charge in [-0.05, 0) is 53.0 Å². The highest BCUT2D eigenvalue weighted by Gasteiger charge is 2.25. The molecule has 0 saturated carbocycles. The lowest BCUT2D eigenvalue weighted by Gasteiger charge is -2.20. The van der Waals surface area contributed by atoms with Gasteiger partial charge in [-0.25, -0.2) is 4.39 Å². The number of rotatable bonds is 5. The number of hydrogen-bond acceptors (Lipinski definition) is 4. The van der Waals surface area contributed by atoms with Crippen LogP contribution in [-0.2, 0) is 0 Å². The van der Waals surface area contributed by atoms with Crippen molar-refractivity contribution in [3.05, 3.63) is 51.7 Å². The molecule has 2 aromatic rings. The van der Waals surface area contributed by atoms with Crippen LogP contribution in [0.5, 0.6) is 11.5 Å². The van der Waals surface area contributed by atoms with Crippen LogP contribution in [0, 0.1) is 5.82 Å². The first-order valence-electron chi connectivity index (χ1n) is 8.76. The van der Waals surface area contributed by atoms with Gasteiger partial charge in [-0.2, -0.15) is 0 Å². The molecule has 0 unspecified atom stereocenters. The number of carbonyl (C=O) groups is 2. The predicted molar refractivity (Wildman–Crippen MR) is 107 cm³/mol. The van der Waals surface area contributed by atoms with Crippen molar-refractivity contribution < 1.29 is 23.5 Å². The molecule has 1 saturated heterocycles. The highest BCUT2D eigenvalue weighted by molar-refractivity contribution is 9.10. The summed E-state index contributed by atoms with van der Waals surface area (Å²) in [6.07, 6.45) is 1.90. The van der Waals surface area contributed by atoms with Crippen molar-refractivity contribution in [3.8, 4) is 11.5 Å². The molecule has 0 aliphatic carbocycles. The van der Waals surface area contributed by atoms with E-state index >= 15 is 0 Å². The molecule has 1 heterocycles. The van der Waals surface area contributed by atoms with Crippen molar-refractivity contribution in [2.75, 3.05) is 32.6 Å². The molecular weight excluding hydrogens is 431 g/mol. The van der Waals surface area contributed by atoms with E-state index < -0.39 is 11.7 Å². The maximum Gasteiger partial charge on any atom is 0.256 e. The molecule has 2 amide bonds. The summed E-state index contributed by atoms with van der Waals surface area (Å²) in [5.74, 6) is -0.346. The minimum absolute atomic E-state index is 0.188. The zero-order valence-electron chi connectivity index (χ0n) is 15.6. The molecular formula is C20H20BrFN2O4. The zero-order chi connectivity index (χ0) is 20.3. The van der Waals surface area contributed by atoms with Crippen molar-refractivity contribution in [1.82, 2.24) is 4.90 Å². The molecule has 3 rings (SSSR count). The van der Waals surface area contributed by atoms with Gasteiger partial charge in [0.05, 0.1) is 31.0 Å². The number of halogens is 2. The number of hydrogen-bond donors (Lipinski definition) is 1. The second-order valence-electron chi connectivity index (χ2n) is 6.33. The summed E-state index contributed by atoms with van der Waals surface area (Å²) in [4.78, 5) is 27.5. The number of nitrogens with one attached hydrogen (secondary N) is 1. The average Bonchev–Trinajstić information content (AvgIpc) is 3.21. The largest absolute Gasteiger partial charge is 0.493 e. The van der Waals surface area contributed by atoms with E-state index in [0.29, 0.717) is 40.3 Å². The van der Waals surface area contributed by atoms with Crippen molar-refractivity contribution in [2.45, 2.75) is 12.8 Å². The van der Waals surface area contributed by atoms with E-state index in [2.05, 4.69) is 21.2 Å². The fraction of sp³-hybridized carbons (Fsp3) is 0.300. The molecule has 6 nitrogen and oxygen atoms in total. The highest BCUT2D eigenvalue weighted by Crippen LogP contribution is 2.35. The Bertz CT molecular complexity index is 913. The standard InChI is InChI=1S/C20H20BrFN2O4/c1-27-17-10-14(20(26)24-7-3-4-8-24)16(11-18(17)28-2)23-19(25)13-6-5-12(22)9-15(13)21/h5-6,9-11H,3-4,7-8H2,1-2H3,(H,23,25). The van der Waals surface area contributed by atoms with Gasteiger partial charge in [0.1, 0.15) is 5.82 Å². The zero-order valence-corrected chi connectivity index (χ0v) is 17.1. The van der Waals surface area contributed by atoms with Gasteiger partial charge in [0, 0.05) is 23.6 Å². The summed E-state index contributed by atoms with van der Waals surface area (Å²) in [5, 5.41) is 2.74. The monoisotopic (exact) mass is 450 g/mol. The Balaban J connectivity index is 1.99. The highest BCUT2D eigenvalue weighted by atomic mass is 79.9. The third-order valence-electron chi connectivity index (χ3n) is 4.57. The second kappa shape index (κ2) is 8.60. The van der Waals surface area contributed by atoms with Crippen LogP contribution in [0.2, 0.25) is 0 Å². The molecule has 28 heavy (non-hydrogen) atoms. The van der Waals surface area contributed by atoms with Crippen molar-refractivity contribution in [3.63, 3.8) is 0 Å². The van der Waals surface area contributed by atoms with Crippen LogP contribution >= 0.6 is 15.9 Å². The van der Waals surface area contributed by atoms with Gasteiger partial charge in [0.25, 0.3) is 11.8 Å². The van der Waals surface area contributed by atoms with Crippen LogP contribution in [0.3, 0.4) is 0 Å². The molecule has 1 N–H and O–H groups in total. The van der Waals surface area contributed by atoms with E-state index in [0.717, 1.165) is 12.8 Å². The number of carbonyl (C=O) groups excluding carboxylic acids is 2. The normalized spacial score (nSPS) is 13.4. The van der Waals surface area contributed by atoms with Crippen LogP contribution in [0.25, 0.3) is 0 Å². The van der Waals surface area contributed by atoms with Crippen molar-refractivity contribution in [2.24, 2.45) is 0 Å². The maximum atomic E-state index is 13.3. The third-order valence-corrected chi connectivity index (χ3v) is 5.23. The molecule has 148 valence electrons. The molecule has 1 aliphatic heterocycles. The van der Waals surface area contributed by atoms with Crippen LogP contribution in [-0.4, -0.2) is 44.0 Å². The Labute approximate surface area is 170 Å². The Morgan fingerprint density at radius 2 is 1.68 bits per heavy atom. The SMILES string of the molecule is COc1cc(NC(=O)c2ccc(F)cc2Br)c(C(=O)N2CCCC2)cc1OC. The molecule has 0 radical (unpaired) electrons. The number of benzene rings is 2. The lowest BCUT2D eigenvalue weighted by atomic mass is 10.1. The Morgan fingerprint density at radius 3 is 2.29 bits per heavy atom. The molecule has 1 fully saturated rings. The summed E-state index contributed by atoms with van der Waals surface area (Å²) >= 11 is 3.19. The van der Waals surface area contributed by atoms with Gasteiger partial charge in [0.15, 0.2) is 11.5 Å². The van der Waals surface area contributed by atoms with E-state index in [1.165, 1.54) is 32.4 Å². The minimum Gasteiger partial charge on any atom is -0.493 e. The van der Waals surface area contributed by atoms with Gasteiger partial charge in [0.2, 0.25) is 0 Å². The number of likely N-dealkylation sites (tertiary alicyclic amines) is 1. The fourth-order valence-corrected chi connectivity index (χ4v) is 3.64. The van der Waals surface area contributed by atoms with Crippen LogP contribution in [0.15, 0.2) is 34.8 Å². The van der Waals surface area contributed by atoms with Crippen LogP contribution in [0.4, 0.5) is 10.1 Å². The number of nitrogens with zero attached hydrogens (tertiary/aromatic N) is 1. The topological polar surface area (TPSA) is 67.9 Å². The average molecular weight is 451 g/mol. The van der Waals surface area contributed by atoms with Gasteiger partial charge in [-0.15, -0.1) is 0 Å². The Kier molecular flexibility index (Phi) is 6.18. The second-order valence-corrected chi connectivity index (χ2v) is 7.18. The smallest absolute Gasteiger partial charge is 0.256 e. The summed E-state index contributed by atoms with van der Waals surface area (Å²) in [5.41, 5.74) is 0.859. The lowest BCUT2D eigenvalue weighted by molar-refractivity contribution is 0.0793. The summed E-state index contributed by atoms with van der Waals surface area (Å²) in [7, 11) is 2.96. The molecule has 0 spiro atoms. The molecule has 1 aliphatic rings. The first-order valence-corrected chi connectivity index (χ1v) is 9.55. The summed E-state index contributed by atoms with van der Waals surface area (Å²) in [6, 6.07) is 6.90. The molecule has 0 atom stereocenters. The molecule has 0 bridgehead atoms. The maximum absolute atomic E-state index is 13.3. The van der Waals surface area contributed by atoms with Gasteiger partial charge in [-0.3, -0.25) is 9.59 Å².